The molecule has 1 aliphatic carbocycles. The number of benzene rings is 8. The number of furan rings is 1. The quantitative estimate of drug-likeness (QED) is 0.162. The first-order valence-corrected chi connectivity index (χ1v) is 20.0. The Balaban J connectivity index is 0.976. The van der Waals surface area contributed by atoms with E-state index >= 15 is 0 Å². The lowest BCUT2D eigenvalue weighted by Gasteiger charge is -2.28. The van der Waals surface area contributed by atoms with Crippen LogP contribution in [0.4, 0.5) is 17.1 Å². The van der Waals surface area contributed by atoms with Gasteiger partial charge in [0.2, 0.25) is 0 Å². The summed E-state index contributed by atoms with van der Waals surface area (Å²) in [5, 5.41) is 2.12. The van der Waals surface area contributed by atoms with Crippen LogP contribution in [0.25, 0.3) is 78.4 Å². The predicted molar refractivity (Wildman–Crippen MR) is 241 cm³/mol. The molecule has 0 atom stereocenters. The van der Waals surface area contributed by atoms with Gasteiger partial charge in [-0.3, -0.25) is 0 Å². The average molecular weight is 759 g/mol. The maximum absolute atomic E-state index is 6.58. The molecule has 5 heteroatoms. The fourth-order valence-corrected chi connectivity index (χ4v) is 8.79. The van der Waals surface area contributed by atoms with Crippen LogP contribution >= 0.6 is 0 Å². The second kappa shape index (κ2) is 13.8. The third kappa shape index (κ3) is 5.90. The number of fused-ring (bicyclic) bond motifs is 6. The van der Waals surface area contributed by atoms with Crippen LogP contribution < -0.4 is 4.90 Å². The molecular weight excluding hydrogens is 721 g/mol. The van der Waals surface area contributed by atoms with Crippen LogP contribution in [0, 0.1) is 0 Å². The van der Waals surface area contributed by atoms with Crippen molar-refractivity contribution in [1.29, 1.82) is 0 Å². The van der Waals surface area contributed by atoms with Crippen molar-refractivity contribution in [2.75, 3.05) is 4.90 Å². The zero-order valence-corrected chi connectivity index (χ0v) is 32.7. The van der Waals surface area contributed by atoms with Crippen molar-refractivity contribution in [2.45, 2.75) is 19.3 Å². The van der Waals surface area contributed by atoms with Crippen LogP contribution in [0.1, 0.15) is 25.0 Å². The Morgan fingerprint density at radius 2 is 0.932 bits per heavy atom. The minimum atomic E-state index is -0.0947. The lowest BCUT2D eigenvalue weighted by molar-refractivity contribution is 0.660. The van der Waals surface area contributed by atoms with Crippen molar-refractivity contribution in [3.8, 4) is 56.4 Å². The number of hydrogen-bond donors (Lipinski definition) is 0. The molecule has 59 heavy (non-hydrogen) atoms. The van der Waals surface area contributed by atoms with Gasteiger partial charge in [0, 0.05) is 49.9 Å². The molecule has 1 aliphatic rings. The van der Waals surface area contributed by atoms with Gasteiger partial charge in [-0.05, 0) is 88.0 Å². The topological polar surface area (TPSA) is 55.1 Å². The Bertz CT molecular complexity index is 3120. The third-order valence-corrected chi connectivity index (χ3v) is 11.7. The van der Waals surface area contributed by atoms with Crippen molar-refractivity contribution in [1.82, 2.24) is 15.0 Å². The van der Waals surface area contributed by atoms with Gasteiger partial charge in [-0.15, -0.1) is 0 Å². The molecule has 0 saturated heterocycles. The predicted octanol–water partition coefficient (Wildman–Crippen LogP) is 14.2. The highest BCUT2D eigenvalue weighted by Crippen LogP contribution is 2.50. The van der Waals surface area contributed by atoms with E-state index in [1.807, 2.05) is 66.7 Å². The third-order valence-electron chi connectivity index (χ3n) is 11.7. The van der Waals surface area contributed by atoms with Crippen molar-refractivity contribution in [3.63, 3.8) is 0 Å². The van der Waals surface area contributed by atoms with Gasteiger partial charge in [-0.1, -0.05) is 153 Å². The Morgan fingerprint density at radius 3 is 1.63 bits per heavy atom. The molecule has 0 saturated carbocycles. The summed E-state index contributed by atoms with van der Waals surface area (Å²) in [4.78, 5) is 17.1. The fraction of sp³-hybridized carbons (Fsp3) is 0.0556. The molecule has 2 aromatic heterocycles. The first kappa shape index (κ1) is 34.6. The maximum Gasteiger partial charge on any atom is 0.164 e. The summed E-state index contributed by atoms with van der Waals surface area (Å²) in [5.74, 6) is 1.85. The van der Waals surface area contributed by atoms with E-state index < -0.39 is 0 Å². The van der Waals surface area contributed by atoms with Gasteiger partial charge < -0.3 is 9.32 Å². The summed E-state index contributed by atoms with van der Waals surface area (Å²) >= 11 is 0. The second-order valence-corrected chi connectivity index (χ2v) is 15.6. The minimum absolute atomic E-state index is 0.0947. The molecule has 0 bridgehead atoms. The van der Waals surface area contributed by atoms with Crippen molar-refractivity contribution in [2.24, 2.45) is 0 Å². The molecule has 11 rings (SSSR count). The highest BCUT2D eigenvalue weighted by Gasteiger charge is 2.35. The Morgan fingerprint density at radius 1 is 0.390 bits per heavy atom. The number of hydrogen-bond acceptors (Lipinski definition) is 5. The van der Waals surface area contributed by atoms with Crippen molar-refractivity contribution < 1.29 is 4.42 Å². The normalized spacial score (nSPS) is 12.7. The van der Waals surface area contributed by atoms with Crippen LogP contribution in [0.2, 0.25) is 0 Å². The lowest BCUT2D eigenvalue weighted by Crippen LogP contribution is -2.16. The number of rotatable bonds is 7. The Hall–Kier alpha value is -7.63. The minimum Gasteiger partial charge on any atom is -0.456 e. The molecule has 0 N–H and O–H groups in total. The van der Waals surface area contributed by atoms with Crippen LogP contribution in [0.5, 0.6) is 0 Å². The van der Waals surface area contributed by atoms with E-state index in [4.69, 9.17) is 19.4 Å². The molecule has 10 aromatic rings. The first-order valence-electron chi connectivity index (χ1n) is 20.0. The monoisotopic (exact) mass is 758 g/mol. The first-order chi connectivity index (χ1) is 29.0. The van der Waals surface area contributed by atoms with E-state index in [0.717, 1.165) is 66.8 Å². The van der Waals surface area contributed by atoms with Gasteiger partial charge in [0.1, 0.15) is 11.2 Å². The van der Waals surface area contributed by atoms with E-state index in [-0.39, 0.29) is 5.41 Å². The molecule has 0 aliphatic heterocycles. The Labute approximate surface area is 342 Å². The number of nitrogens with zero attached hydrogens (tertiary/aromatic N) is 4. The smallest absolute Gasteiger partial charge is 0.164 e. The van der Waals surface area contributed by atoms with Crippen molar-refractivity contribution >= 4 is 39.0 Å². The SMILES string of the molecule is CC1(C)c2ccccc2-c2ccc(N(c3ccccc3)c3ccc(-c4cccc5oc6cc(-c7nc(-c8ccccc8)nc(-c8ccccc8)n7)ccc6c45)cc3)cc21. The summed E-state index contributed by atoms with van der Waals surface area (Å²) in [6, 6.07) is 67.9. The lowest BCUT2D eigenvalue weighted by atomic mass is 9.82. The molecule has 0 unspecified atom stereocenters. The molecule has 280 valence electrons. The van der Waals surface area contributed by atoms with Gasteiger partial charge in [-0.2, -0.15) is 0 Å². The molecule has 0 spiro atoms. The van der Waals surface area contributed by atoms with Crippen LogP contribution in [-0.2, 0) is 5.41 Å². The number of anilines is 3. The molecule has 0 radical (unpaired) electrons. The second-order valence-electron chi connectivity index (χ2n) is 15.6. The van der Waals surface area contributed by atoms with Gasteiger partial charge in [0.15, 0.2) is 17.5 Å². The van der Waals surface area contributed by atoms with E-state index in [9.17, 15) is 0 Å². The molecule has 2 heterocycles. The standard InChI is InChI=1S/C54H38N4O/c1-54(2)46-23-13-12-21-43(46)44-32-30-41(34-47(44)54)58(39-19-10-5-11-20-39)40-28-25-35(26-29-40)42-22-14-24-48-50(42)45-31-27-38(33-49(45)59-48)53-56-51(36-15-6-3-7-16-36)55-52(57-53)37-17-8-4-9-18-37/h3-34H,1-2H3. The van der Waals surface area contributed by atoms with E-state index in [2.05, 4.69) is 146 Å². The summed E-state index contributed by atoms with van der Waals surface area (Å²) < 4.78 is 6.58. The van der Waals surface area contributed by atoms with Crippen LogP contribution in [-0.4, -0.2) is 15.0 Å². The summed E-state index contributed by atoms with van der Waals surface area (Å²) in [6.07, 6.45) is 0. The zero-order chi connectivity index (χ0) is 39.5. The van der Waals surface area contributed by atoms with Crippen molar-refractivity contribution in [3.05, 3.63) is 205 Å². The van der Waals surface area contributed by atoms with Crippen LogP contribution in [0.3, 0.4) is 0 Å². The maximum atomic E-state index is 6.58. The molecule has 0 fully saturated rings. The van der Waals surface area contributed by atoms with Gasteiger partial charge in [-0.25, -0.2) is 15.0 Å². The number of para-hydroxylation sites is 1. The largest absolute Gasteiger partial charge is 0.456 e. The highest BCUT2D eigenvalue weighted by atomic mass is 16.3. The number of aromatic nitrogens is 3. The molecule has 8 aromatic carbocycles. The molecule has 0 amide bonds. The van der Waals surface area contributed by atoms with Crippen LogP contribution in [0.15, 0.2) is 199 Å². The highest BCUT2D eigenvalue weighted by molar-refractivity contribution is 6.13. The zero-order valence-electron chi connectivity index (χ0n) is 32.7. The van der Waals surface area contributed by atoms with Gasteiger partial charge in [0.25, 0.3) is 0 Å². The Kier molecular flexibility index (Phi) is 8.09. The summed E-state index contributed by atoms with van der Waals surface area (Å²) in [5.41, 5.74) is 15.2. The van der Waals surface area contributed by atoms with E-state index in [1.165, 1.54) is 22.3 Å². The van der Waals surface area contributed by atoms with E-state index in [0.29, 0.717) is 17.5 Å². The fourth-order valence-electron chi connectivity index (χ4n) is 8.79. The molecular formula is C54H38N4O. The summed E-state index contributed by atoms with van der Waals surface area (Å²) in [6.45, 7) is 4.67. The summed E-state index contributed by atoms with van der Waals surface area (Å²) in [7, 11) is 0. The van der Waals surface area contributed by atoms with Gasteiger partial charge in [0.05, 0.1) is 0 Å². The van der Waals surface area contributed by atoms with E-state index in [1.54, 1.807) is 0 Å². The van der Waals surface area contributed by atoms with Gasteiger partial charge >= 0.3 is 0 Å². The average Bonchev–Trinajstić information content (AvgIpc) is 3.79. The molecule has 5 nitrogen and oxygen atoms in total.